The fourth-order valence-electron chi connectivity index (χ4n) is 3.49. The number of rotatable bonds is 4. The predicted octanol–water partition coefficient (Wildman–Crippen LogP) is 3.14. The van der Waals surface area contributed by atoms with Gasteiger partial charge in [0.15, 0.2) is 11.5 Å². The third-order valence-corrected chi connectivity index (χ3v) is 5.58. The van der Waals surface area contributed by atoms with Crippen molar-refractivity contribution in [2.75, 3.05) is 39.1 Å². The first kappa shape index (κ1) is 19.3. The summed E-state index contributed by atoms with van der Waals surface area (Å²) in [5.41, 5.74) is 2.61. The van der Waals surface area contributed by atoms with Crippen LogP contribution >= 0.6 is 24.2 Å². The van der Waals surface area contributed by atoms with E-state index in [-0.39, 0.29) is 12.4 Å². The van der Waals surface area contributed by atoms with Crippen LogP contribution in [0, 0.1) is 0 Å². The van der Waals surface area contributed by atoms with Gasteiger partial charge in [0.25, 0.3) is 0 Å². The van der Waals surface area contributed by atoms with Crippen molar-refractivity contribution >= 4 is 24.2 Å². The van der Waals surface area contributed by atoms with Crippen molar-refractivity contribution in [3.05, 3.63) is 47.8 Å². The van der Waals surface area contributed by atoms with Crippen LogP contribution in [0.25, 0.3) is 0 Å². The minimum Gasteiger partial charge on any atom is -0.486 e. The minimum absolute atomic E-state index is 0. The molecule has 0 bridgehead atoms. The number of ether oxygens (including phenoxy) is 2. The monoisotopic (exact) mass is 393 g/mol. The Morgan fingerprint density at radius 2 is 1.92 bits per heavy atom. The number of hydrogen-bond donors (Lipinski definition) is 1. The van der Waals surface area contributed by atoms with Gasteiger partial charge in [0.2, 0.25) is 0 Å². The molecule has 0 aliphatic carbocycles. The SMILES string of the molecule is CSc1cc2c(cc1CN1CCNCC1c1ccncc1)OCCO2.Cl. The summed E-state index contributed by atoms with van der Waals surface area (Å²) in [6.07, 6.45) is 5.87. The zero-order valence-corrected chi connectivity index (χ0v) is 16.4. The predicted molar refractivity (Wildman–Crippen MR) is 107 cm³/mol. The molecule has 2 aliphatic rings. The maximum absolute atomic E-state index is 5.79. The lowest BCUT2D eigenvalue weighted by Gasteiger charge is -2.37. The zero-order chi connectivity index (χ0) is 17.1. The number of nitrogens with one attached hydrogen (secondary N) is 1. The number of fused-ring (bicyclic) bond motifs is 1. The highest BCUT2D eigenvalue weighted by molar-refractivity contribution is 7.98. The van der Waals surface area contributed by atoms with Gasteiger partial charge in [-0.1, -0.05) is 0 Å². The third-order valence-electron chi connectivity index (χ3n) is 4.76. The number of nitrogens with zero attached hydrogens (tertiary/aromatic N) is 2. The van der Waals surface area contributed by atoms with E-state index in [0.717, 1.165) is 37.7 Å². The quantitative estimate of drug-likeness (QED) is 0.805. The highest BCUT2D eigenvalue weighted by atomic mass is 35.5. The average Bonchev–Trinajstić information content (AvgIpc) is 2.68. The second kappa shape index (κ2) is 8.95. The molecule has 1 aromatic heterocycles. The molecule has 1 saturated heterocycles. The molecule has 1 unspecified atom stereocenters. The lowest BCUT2D eigenvalue weighted by Crippen LogP contribution is -2.45. The van der Waals surface area contributed by atoms with Crippen LogP contribution in [-0.2, 0) is 6.54 Å². The third kappa shape index (κ3) is 4.09. The van der Waals surface area contributed by atoms with Gasteiger partial charge in [0, 0.05) is 49.5 Å². The smallest absolute Gasteiger partial charge is 0.162 e. The first-order chi connectivity index (χ1) is 12.3. The number of pyridine rings is 1. The van der Waals surface area contributed by atoms with Crippen LogP contribution in [0.3, 0.4) is 0 Å². The number of halogens is 1. The summed E-state index contributed by atoms with van der Waals surface area (Å²) >= 11 is 1.77. The zero-order valence-electron chi connectivity index (χ0n) is 14.8. The Morgan fingerprint density at radius 1 is 1.19 bits per heavy atom. The van der Waals surface area contributed by atoms with E-state index in [1.165, 1.54) is 16.0 Å². The number of piperazine rings is 1. The first-order valence-electron chi connectivity index (χ1n) is 8.66. The van der Waals surface area contributed by atoms with Crippen LogP contribution in [0.15, 0.2) is 41.6 Å². The lowest BCUT2D eigenvalue weighted by molar-refractivity contribution is 0.150. The molecule has 0 spiro atoms. The Hall–Kier alpha value is -1.47. The van der Waals surface area contributed by atoms with E-state index < -0.39 is 0 Å². The van der Waals surface area contributed by atoms with E-state index in [4.69, 9.17) is 9.47 Å². The van der Waals surface area contributed by atoms with Gasteiger partial charge in [-0.15, -0.1) is 24.2 Å². The fraction of sp³-hybridized carbons (Fsp3) is 0.421. The molecule has 0 saturated carbocycles. The standard InChI is InChI=1S/C19H23N3O2S.ClH/c1-25-19-11-18-17(23-8-9-24-18)10-15(19)13-22-7-6-21-12-16(22)14-2-4-20-5-3-14;/h2-5,10-11,16,21H,6-9,12-13H2,1H3;1H. The summed E-state index contributed by atoms with van der Waals surface area (Å²) < 4.78 is 11.5. The molecule has 1 atom stereocenters. The van der Waals surface area contributed by atoms with Crippen LogP contribution in [0.1, 0.15) is 17.2 Å². The molecule has 0 amide bonds. The largest absolute Gasteiger partial charge is 0.486 e. The van der Waals surface area contributed by atoms with Gasteiger partial charge in [0.05, 0.1) is 0 Å². The molecule has 26 heavy (non-hydrogen) atoms. The Morgan fingerprint density at radius 3 is 2.65 bits per heavy atom. The summed E-state index contributed by atoms with van der Waals surface area (Å²) in [5, 5.41) is 3.52. The molecule has 2 aliphatic heterocycles. The second-order valence-electron chi connectivity index (χ2n) is 6.28. The van der Waals surface area contributed by atoms with Crippen LogP contribution in [0.2, 0.25) is 0 Å². The van der Waals surface area contributed by atoms with Crippen molar-refractivity contribution < 1.29 is 9.47 Å². The summed E-state index contributed by atoms with van der Waals surface area (Å²) in [6.45, 7) is 5.15. The van der Waals surface area contributed by atoms with Crippen molar-refractivity contribution in [3.63, 3.8) is 0 Å². The maximum atomic E-state index is 5.79. The van der Waals surface area contributed by atoms with Crippen LogP contribution in [-0.4, -0.2) is 49.0 Å². The van der Waals surface area contributed by atoms with Gasteiger partial charge in [-0.05, 0) is 41.6 Å². The van der Waals surface area contributed by atoms with Crippen molar-refractivity contribution in [2.45, 2.75) is 17.5 Å². The molecule has 1 N–H and O–H groups in total. The van der Waals surface area contributed by atoms with E-state index >= 15 is 0 Å². The topological polar surface area (TPSA) is 46.6 Å². The van der Waals surface area contributed by atoms with Crippen molar-refractivity contribution in [1.29, 1.82) is 0 Å². The average molecular weight is 394 g/mol. The second-order valence-corrected chi connectivity index (χ2v) is 7.13. The van der Waals surface area contributed by atoms with E-state index in [9.17, 15) is 0 Å². The highest BCUT2D eigenvalue weighted by Crippen LogP contribution is 2.38. The lowest BCUT2D eigenvalue weighted by atomic mass is 10.0. The summed E-state index contributed by atoms with van der Waals surface area (Å²) in [5.74, 6) is 1.74. The van der Waals surface area contributed by atoms with Crippen LogP contribution in [0.4, 0.5) is 0 Å². The Labute approximate surface area is 164 Å². The minimum atomic E-state index is 0. The summed E-state index contributed by atoms with van der Waals surface area (Å²) in [7, 11) is 0. The Balaban J connectivity index is 0.00000196. The molecule has 140 valence electrons. The van der Waals surface area contributed by atoms with Gasteiger partial charge in [-0.3, -0.25) is 9.88 Å². The molecular formula is C19H24ClN3O2S. The molecule has 4 rings (SSSR count). The Kier molecular flexibility index (Phi) is 6.64. The van der Waals surface area contributed by atoms with Gasteiger partial charge in [-0.2, -0.15) is 0 Å². The molecule has 2 aromatic rings. The van der Waals surface area contributed by atoms with Crippen molar-refractivity contribution in [1.82, 2.24) is 15.2 Å². The maximum Gasteiger partial charge on any atom is 0.162 e. The molecule has 1 fully saturated rings. The highest BCUT2D eigenvalue weighted by Gasteiger charge is 2.25. The van der Waals surface area contributed by atoms with Gasteiger partial charge >= 0.3 is 0 Å². The molecular weight excluding hydrogens is 370 g/mol. The summed E-state index contributed by atoms with van der Waals surface area (Å²) in [4.78, 5) is 7.95. The van der Waals surface area contributed by atoms with E-state index in [1.807, 2.05) is 12.4 Å². The molecule has 0 radical (unpaired) electrons. The number of aromatic nitrogens is 1. The van der Waals surface area contributed by atoms with Crippen LogP contribution < -0.4 is 14.8 Å². The molecule has 3 heterocycles. The fourth-order valence-corrected chi connectivity index (χ4v) is 4.11. The van der Waals surface area contributed by atoms with Crippen molar-refractivity contribution in [3.8, 4) is 11.5 Å². The number of benzene rings is 1. The first-order valence-corrected chi connectivity index (χ1v) is 9.89. The van der Waals surface area contributed by atoms with Gasteiger partial charge in [-0.25, -0.2) is 0 Å². The Bertz CT molecular complexity index is 732. The molecule has 7 heteroatoms. The molecule has 1 aromatic carbocycles. The van der Waals surface area contributed by atoms with E-state index in [2.05, 4.69) is 45.7 Å². The molecule has 5 nitrogen and oxygen atoms in total. The van der Waals surface area contributed by atoms with Crippen molar-refractivity contribution in [2.24, 2.45) is 0 Å². The van der Waals surface area contributed by atoms with Gasteiger partial charge in [0.1, 0.15) is 13.2 Å². The van der Waals surface area contributed by atoms with E-state index in [0.29, 0.717) is 19.3 Å². The number of hydrogen-bond acceptors (Lipinski definition) is 6. The number of thioether (sulfide) groups is 1. The van der Waals surface area contributed by atoms with E-state index in [1.54, 1.807) is 11.8 Å². The van der Waals surface area contributed by atoms with Gasteiger partial charge < -0.3 is 14.8 Å². The summed E-state index contributed by atoms with van der Waals surface area (Å²) in [6, 6.07) is 8.87. The normalized spacial score (nSPS) is 19.7. The van der Waals surface area contributed by atoms with Crippen LogP contribution in [0.5, 0.6) is 11.5 Å².